The first-order chi connectivity index (χ1) is 11.7. The quantitative estimate of drug-likeness (QED) is 0.804. The molecule has 1 aromatic carbocycles. The highest BCUT2D eigenvalue weighted by Gasteiger charge is 2.23. The van der Waals surface area contributed by atoms with Crippen molar-refractivity contribution in [2.75, 3.05) is 18.2 Å². The number of ether oxygens (including phenoxy) is 1. The molecule has 1 saturated heterocycles. The zero-order valence-electron chi connectivity index (χ0n) is 13.6. The minimum absolute atomic E-state index is 0.0294. The topological polar surface area (TPSA) is 94.0 Å². The van der Waals surface area contributed by atoms with Crippen molar-refractivity contribution in [3.05, 3.63) is 24.3 Å². The van der Waals surface area contributed by atoms with Crippen LogP contribution in [-0.4, -0.2) is 51.2 Å². The van der Waals surface area contributed by atoms with Crippen molar-refractivity contribution in [3.63, 3.8) is 0 Å². The molecule has 2 amide bonds. The second-order valence-corrected chi connectivity index (χ2v) is 6.34. The number of tetrazole rings is 1. The van der Waals surface area contributed by atoms with Crippen LogP contribution in [0.1, 0.15) is 19.8 Å². The minimum Gasteiger partial charge on any atom is -0.376 e. The fourth-order valence-corrected chi connectivity index (χ4v) is 3.08. The molecule has 2 atom stereocenters. The van der Waals surface area contributed by atoms with E-state index >= 15 is 0 Å². The van der Waals surface area contributed by atoms with Crippen LogP contribution >= 0.6 is 11.8 Å². The molecule has 9 heteroatoms. The summed E-state index contributed by atoms with van der Waals surface area (Å²) >= 11 is 1.45. The number of hydrogen-bond acceptors (Lipinski definition) is 6. The normalized spacial score (nSPS) is 18.3. The number of carbonyl (C=O) groups excluding carboxylic acids is 1. The number of rotatable bonds is 5. The second kappa shape index (κ2) is 7.63. The van der Waals surface area contributed by atoms with Gasteiger partial charge in [-0.1, -0.05) is 17.8 Å². The van der Waals surface area contributed by atoms with Crippen molar-refractivity contribution in [3.8, 4) is 5.69 Å². The summed E-state index contributed by atoms with van der Waals surface area (Å²) in [5.41, 5.74) is 1.46. The van der Waals surface area contributed by atoms with Crippen LogP contribution in [-0.2, 0) is 4.74 Å². The summed E-state index contributed by atoms with van der Waals surface area (Å²) in [6, 6.07) is 7.10. The molecule has 0 spiro atoms. The first-order valence-electron chi connectivity index (χ1n) is 7.79. The highest BCUT2D eigenvalue weighted by atomic mass is 32.2. The summed E-state index contributed by atoms with van der Waals surface area (Å²) in [7, 11) is 0. The summed E-state index contributed by atoms with van der Waals surface area (Å²) in [5.74, 6) is 0. The van der Waals surface area contributed by atoms with Gasteiger partial charge in [-0.2, -0.15) is 4.68 Å². The molecule has 8 nitrogen and oxygen atoms in total. The average Bonchev–Trinajstić information content (AvgIpc) is 3.26. The fourth-order valence-electron chi connectivity index (χ4n) is 2.65. The van der Waals surface area contributed by atoms with Gasteiger partial charge in [0.1, 0.15) is 0 Å². The number of nitrogens with one attached hydrogen (secondary N) is 2. The van der Waals surface area contributed by atoms with Crippen molar-refractivity contribution in [2.45, 2.75) is 37.1 Å². The van der Waals surface area contributed by atoms with Gasteiger partial charge in [-0.05, 0) is 54.6 Å². The van der Waals surface area contributed by atoms with E-state index in [-0.39, 0.29) is 18.2 Å². The van der Waals surface area contributed by atoms with Crippen LogP contribution < -0.4 is 10.6 Å². The van der Waals surface area contributed by atoms with Gasteiger partial charge in [0.15, 0.2) is 0 Å². The molecule has 1 aliphatic heterocycles. The molecule has 128 valence electrons. The Kier molecular flexibility index (Phi) is 5.31. The van der Waals surface area contributed by atoms with E-state index in [4.69, 9.17) is 4.74 Å². The molecule has 2 aromatic rings. The smallest absolute Gasteiger partial charge is 0.319 e. The van der Waals surface area contributed by atoms with Crippen molar-refractivity contribution in [2.24, 2.45) is 0 Å². The third kappa shape index (κ3) is 3.85. The van der Waals surface area contributed by atoms with Crippen LogP contribution in [0.25, 0.3) is 5.69 Å². The number of hydrogen-bond donors (Lipinski definition) is 2. The summed E-state index contributed by atoms with van der Waals surface area (Å²) in [5, 5.41) is 18.0. The Morgan fingerprint density at radius 2 is 2.38 bits per heavy atom. The van der Waals surface area contributed by atoms with E-state index in [1.54, 1.807) is 4.68 Å². The maximum atomic E-state index is 12.2. The first-order valence-corrected chi connectivity index (χ1v) is 9.02. The first kappa shape index (κ1) is 16.7. The lowest BCUT2D eigenvalue weighted by atomic mass is 10.1. The number of benzene rings is 1. The maximum Gasteiger partial charge on any atom is 0.319 e. The van der Waals surface area contributed by atoms with E-state index in [0.29, 0.717) is 10.8 Å². The lowest BCUT2D eigenvalue weighted by molar-refractivity contribution is 0.0868. The molecule has 1 aromatic heterocycles. The molecule has 0 unspecified atom stereocenters. The van der Waals surface area contributed by atoms with E-state index in [1.165, 1.54) is 11.8 Å². The van der Waals surface area contributed by atoms with Crippen LogP contribution in [0.2, 0.25) is 0 Å². The minimum atomic E-state index is -0.253. The molecule has 0 aliphatic carbocycles. The van der Waals surface area contributed by atoms with Gasteiger partial charge in [-0.3, -0.25) is 0 Å². The lowest BCUT2D eigenvalue weighted by Gasteiger charge is -2.20. The molecule has 3 rings (SSSR count). The molecule has 2 heterocycles. The summed E-state index contributed by atoms with van der Waals surface area (Å²) < 4.78 is 7.22. The molecule has 1 aliphatic rings. The van der Waals surface area contributed by atoms with Crippen molar-refractivity contribution < 1.29 is 9.53 Å². The lowest BCUT2D eigenvalue weighted by Crippen LogP contribution is -2.42. The van der Waals surface area contributed by atoms with Gasteiger partial charge in [0.2, 0.25) is 5.16 Å². The number of nitrogens with zero attached hydrogens (tertiary/aromatic N) is 4. The molecule has 24 heavy (non-hydrogen) atoms. The zero-order chi connectivity index (χ0) is 16.9. The van der Waals surface area contributed by atoms with Crippen molar-refractivity contribution in [1.82, 2.24) is 25.5 Å². The number of amides is 2. The number of urea groups is 1. The SMILES string of the molecule is CSc1nnnn1-c1cccc(NC(=O)N[C@@H](C)[C@H]2CCCO2)c1. The Labute approximate surface area is 144 Å². The van der Waals surface area contributed by atoms with E-state index in [9.17, 15) is 4.79 Å². The summed E-state index contributed by atoms with van der Waals surface area (Å²) in [4.78, 5) is 12.2. The van der Waals surface area contributed by atoms with E-state index in [2.05, 4.69) is 26.2 Å². The maximum absolute atomic E-state index is 12.2. The predicted molar refractivity (Wildman–Crippen MR) is 91.5 cm³/mol. The van der Waals surface area contributed by atoms with E-state index in [1.807, 2.05) is 37.4 Å². The van der Waals surface area contributed by atoms with Crippen molar-refractivity contribution >= 4 is 23.5 Å². The van der Waals surface area contributed by atoms with Gasteiger partial charge in [0.25, 0.3) is 0 Å². The fraction of sp³-hybridized carbons (Fsp3) is 0.467. The van der Waals surface area contributed by atoms with Crippen molar-refractivity contribution in [1.29, 1.82) is 0 Å². The Balaban J connectivity index is 1.65. The van der Waals surface area contributed by atoms with Gasteiger partial charge in [0.05, 0.1) is 17.8 Å². The third-order valence-corrected chi connectivity index (χ3v) is 4.47. The molecule has 2 N–H and O–H groups in total. The summed E-state index contributed by atoms with van der Waals surface area (Å²) in [6.07, 6.45) is 4.02. The molecule has 0 radical (unpaired) electrons. The second-order valence-electron chi connectivity index (χ2n) is 5.57. The number of carbonyl (C=O) groups is 1. The number of anilines is 1. The van der Waals surface area contributed by atoms with Crippen LogP contribution in [0, 0.1) is 0 Å². The Morgan fingerprint density at radius 1 is 1.50 bits per heavy atom. The standard InChI is InChI=1S/C15H20N6O2S/c1-10(13-7-4-8-23-13)16-14(22)17-11-5-3-6-12(9-11)21-15(24-2)18-19-20-21/h3,5-6,9-10,13H,4,7-8H2,1-2H3,(H2,16,17,22)/t10-,13+/m0/s1. The Hall–Kier alpha value is -2.13. The van der Waals surface area contributed by atoms with Crippen LogP contribution in [0.3, 0.4) is 0 Å². The predicted octanol–water partition coefficient (Wildman–Crippen LogP) is 2.07. The molecule has 0 bridgehead atoms. The van der Waals surface area contributed by atoms with Gasteiger partial charge < -0.3 is 15.4 Å². The van der Waals surface area contributed by atoms with Gasteiger partial charge in [-0.25, -0.2) is 4.79 Å². The van der Waals surface area contributed by atoms with Crippen LogP contribution in [0.15, 0.2) is 29.4 Å². The van der Waals surface area contributed by atoms with Gasteiger partial charge in [0, 0.05) is 12.3 Å². The Morgan fingerprint density at radius 3 is 3.12 bits per heavy atom. The molecular formula is C15H20N6O2S. The largest absolute Gasteiger partial charge is 0.376 e. The monoisotopic (exact) mass is 348 g/mol. The Bertz CT molecular complexity index is 701. The molecular weight excluding hydrogens is 328 g/mol. The average molecular weight is 348 g/mol. The number of aromatic nitrogens is 4. The highest BCUT2D eigenvalue weighted by Crippen LogP contribution is 2.19. The summed E-state index contributed by atoms with van der Waals surface area (Å²) in [6.45, 7) is 2.72. The van der Waals surface area contributed by atoms with Crippen LogP contribution in [0.4, 0.5) is 10.5 Å². The van der Waals surface area contributed by atoms with E-state index in [0.717, 1.165) is 25.1 Å². The number of thioether (sulfide) groups is 1. The van der Waals surface area contributed by atoms with Gasteiger partial charge in [-0.15, -0.1) is 5.10 Å². The molecule has 0 saturated carbocycles. The van der Waals surface area contributed by atoms with Crippen LogP contribution in [0.5, 0.6) is 0 Å². The zero-order valence-corrected chi connectivity index (χ0v) is 14.4. The van der Waals surface area contributed by atoms with Gasteiger partial charge >= 0.3 is 6.03 Å². The van der Waals surface area contributed by atoms with E-state index < -0.39 is 0 Å². The third-order valence-electron chi connectivity index (χ3n) is 3.85. The highest BCUT2D eigenvalue weighted by molar-refractivity contribution is 7.98. The molecule has 1 fully saturated rings.